The number of carbonyl (C=O) groups excluding carboxylic acids is 2. The van der Waals surface area contributed by atoms with Crippen LogP contribution < -0.4 is 10.3 Å². The zero-order chi connectivity index (χ0) is 24.6. The highest BCUT2D eigenvalue weighted by molar-refractivity contribution is 6.10. The van der Waals surface area contributed by atoms with E-state index in [9.17, 15) is 9.59 Å². The number of hydrazine groups is 1. The Bertz CT molecular complexity index is 1230. The predicted molar refractivity (Wildman–Crippen MR) is 136 cm³/mol. The summed E-state index contributed by atoms with van der Waals surface area (Å²) < 4.78 is 5.91. The van der Waals surface area contributed by atoms with Crippen molar-refractivity contribution < 1.29 is 14.0 Å². The van der Waals surface area contributed by atoms with Crippen molar-refractivity contribution in [3.63, 3.8) is 0 Å². The Kier molecular flexibility index (Phi) is 6.21. The maximum Gasteiger partial charge on any atom is 0.258 e. The first-order valence-corrected chi connectivity index (χ1v) is 12.1. The van der Waals surface area contributed by atoms with Gasteiger partial charge in [-0.05, 0) is 29.8 Å². The van der Waals surface area contributed by atoms with Gasteiger partial charge in [0.25, 0.3) is 5.91 Å². The van der Waals surface area contributed by atoms with E-state index in [0.29, 0.717) is 6.54 Å². The fraction of sp³-hybridized carbons (Fsp3) is 0.357. The number of anilines is 1. The molecule has 35 heavy (non-hydrogen) atoms. The van der Waals surface area contributed by atoms with Crippen LogP contribution in [0.4, 0.5) is 5.69 Å². The minimum absolute atomic E-state index is 0.0360. The second-order valence-corrected chi connectivity index (χ2v) is 10.3. The smallest absolute Gasteiger partial charge is 0.258 e. The van der Waals surface area contributed by atoms with Gasteiger partial charge in [-0.15, -0.1) is 0 Å². The predicted octanol–water partition coefficient (Wildman–Crippen LogP) is 4.30. The van der Waals surface area contributed by atoms with Crippen LogP contribution in [0, 0.1) is 5.41 Å². The van der Waals surface area contributed by atoms with Gasteiger partial charge in [0, 0.05) is 60.5 Å². The second kappa shape index (κ2) is 9.32. The van der Waals surface area contributed by atoms with Crippen molar-refractivity contribution in [1.82, 2.24) is 15.3 Å². The third kappa shape index (κ3) is 4.88. The molecule has 5 rings (SSSR count). The van der Waals surface area contributed by atoms with Gasteiger partial charge in [0.2, 0.25) is 5.91 Å². The highest BCUT2D eigenvalue weighted by Gasteiger charge is 2.29. The number of hydrogen-bond donors (Lipinski definition) is 1. The number of rotatable bonds is 5. The second-order valence-electron chi connectivity index (χ2n) is 10.3. The average Bonchev–Trinajstić information content (AvgIpc) is 3.44. The maximum absolute atomic E-state index is 12.9. The lowest BCUT2D eigenvalue weighted by Crippen LogP contribution is -2.55. The molecule has 0 aliphatic carbocycles. The number of nitrogens with one attached hydrogen (secondary N) is 1. The molecule has 2 aromatic carbocycles. The molecule has 1 fully saturated rings. The minimum Gasteiger partial charge on any atom is -0.464 e. The van der Waals surface area contributed by atoms with Crippen LogP contribution in [0.15, 0.2) is 65.3 Å². The van der Waals surface area contributed by atoms with Gasteiger partial charge < -0.3 is 9.32 Å². The van der Waals surface area contributed by atoms with E-state index in [2.05, 4.69) is 10.3 Å². The Morgan fingerprint density at radius 2 is 1.77 bits per heavy atom. The largest absolute Gasteiger partial charge is 0.464 e. The molecule has 7 heteroatoms. The summed E-state index contributed by atoms with van der Waals surface area (Å²) in [5.74, 6) is 0.913. The quantitative estimate of drug-likeness (QED) is 0.600. The first kappa shape index (κ1) is 23.3. The van der Waals surface area contributed by atoms with Crippen LogP contribution in [-0.2, 0) is 17.9 Å². The summed E-state index contributed by atoms with van der Waals surface area (Å²) in [5, 5.41) is 2.01. The zero-order valence-corrected chi connectivity index (χ0v) is 20.6. The van der Waals surface area contributed by atoms with Crippen LogP contribution in [-0.4, -0.2) is 47.9 Å². The Balaban J connectivity index is 1.25. The van der Waals surface area contributed by atoms with Crippen LogP contribution in [0.25, 0.3) is 11.3 Å². The number of amides is 2. The topological polar surface area (TPSA) is 69.0 Å². The number of nitrogens with zero attached hydrogens (tertiary/aromatic N) is 3. The summed E-state index contributed by atoms with van der Waals surface area (Å²) in [6, 6.07) is 17.8. The normalized spacial score (nSPS) is 17.0. The minimum atomic E-state index is -0.403. The van der Waals surface area contributed by atoms with Gasteiger partial charge in [-0.3, -0.25) is 19.9 Å². The monoisotopic (exact) mass is 472 g/mol. The molecular formula is C28H32N4O3. The Hall–Kier alpha value is -3.42. The lowest BCUT2D eigenvalue weighted by molar-refractivity contribution is -0.134. The molecule has 7 nitrogen and oxygen atoms in total. The first-order chi connectivity index (χ1) is 16.8. The lowest BCUT2D eigenvalue weighted by atomic mass is 9.96. The Morgan fingerprint density at radius 3 is 2.51 bits per heavy atom. The van der Waals surface area contributed by atoms with Crippen LogP contribution in [0.5, 0.6) is 0 Å². The summed E-state index contributed by atoms with van der Waals surface area (Å²) >= 11 is 0. The summed E-state index contributed by atoms with van der Waals surface area (Å²) in [5.41, 5.74) is 7.41. The highest BCUT2D eigenvalue weighted by Crippen LogP contribution is 2.33. The highest BCUT2D eigenvalue weighted by atomic mass is 16.3. The van der Waals surface area contributed by atoms with Crippen molar-refractivity contribution in [2.75, 3.05) is 31.1 Å². The van der Waals surface area contributed by atoms with E-state index < -0.39 is 5.41 Å². The molecule has 1 aromatic heterocycles. The summed E-state index contributed by atoms with van der Waals surface area (Å²) in [7, 11) is 0. The summed E-state index contributed by atoms with van der Waals surface area (Å²) in [6.07, 6.45) is 1.73. The van der Waals surface area contributed by atoms with Gasteiger partial charge in [0.1, 0.15) is 5.76 Å². The van der Waals surface area contributed by atoms with E-state index >= 15 is 0 Å². The molecule has 2 aliphatic heterocycles. The molecular weight excluding hydrogens is 440 g/mol. The Morgan fingerprint density at radius 1 is 1.00 bits per heavy atom. The van der Waals surface area contributed by atoms with E-state index in [-0.39, 0.29) is 11.8 Å². The number of carbonyl (C=O) groups is 2. The van der Waals surface area contributed by atoms with Gasteiger partial charge in [-0.2, -0.15) is 0 Å². The molecule has 0 bridgehead atoms. The molecule has 1 saturated heterocycles. The maximum atomic E-state index is 12.9. The molecule has 182 valence electrons. The zero-order valence-electron chi connectivity index (χ0n) is 20.6. The van der Waals surface area contributed by atoms with Crippen LogP contribution >= 0.6 is 0 Å². The van der Waals surface area contributed by atoms with Crippen LogP contribution in [0.1, 0.15) is 42.3 Å². The molecule has 0 spiro atoms. The molecule has 0 atom stereocenters. The van der Waals surface area contributed by atoms with Gasteiger partial charge >= 0.3 is 0 Å². The number of benzene rings is 2. The average molecular weight is 473 g/mol. The standard InChI is InChI=1S/C28H32N4O3/c1-28(2,3)27(34)29-31-14-12-30(13-15-31)18-22-11-16-35-25(22)20-8-6-9-23(17-20)32-19-21-7-4-5-10-24(21)26(32)33/h4-11,16-17H,12-15,18-19H2,1-3H3,(H,29,34). The molecule has 3 aromatic rings. The molecule has 1 N–H and O–H groups in total. The fourth-order valence-electron chi connectivity index (χ4n) is 4.56. The van der Waals surface area contributed by atoms with Crippen molar-refractivity contribution in [3.05, 3.63) is 77.6 Å². The third-order valence-electron chi connectivity index (χ3n) is 6.70. The van der Waals surface area contributed by atoms with Crippen molar-refractivity contribution >= 4 is 17.5 Å². The van der Waals surface area contributed by atoms with Crippen molar-refractivity contribution in [3.8, 4) is 11.3 Å². The molecule has 0 unspecified atom stereocenters. The number of piperazine rings is 1. The van der Waals surface area contributed by atoms with Gasteiger partial charge in [-0.1, -0.05) is 51.1 Å². The third-order valence-corrected chi connectivity index (χ3v) is 6.70. The number of hydrogen-bond acceptors (Lipinski definition) is 5. The van der Waals surface area contributed by atoms with Crippen LogP contribution in [0.2, 0.25) is 0 Å². The molecule has 2 amide bonds. The molecule has 2 aliphatic rings. The summed E-state index contributed by atoms with van der Waals surface area (Å²) in [4.78, 5) is 29.4. The molecule has 0 saturated carbocycles. The van der Waals surface area contributed by atoms with E-state index in [1.54, 1.807) is 6.26 Å². The van der Waals surface area contributed by atoms with Gasteiger partial charge in [0.05, 0.1) is 12.8 Å². The number of furan rings is 1. The SMILES string of the molecule is CC(C)(C)C(=O)NN1CCN(Cc2ccoc2-c2cccc(N3Cc4ccccc4C3=O)c2)CC1. The number of fused-ring (bicyclic) bond motifs is 1. The first-order valence-electron chi connectivity index (χ1n) is 12.1. The van der Waals surface area contributed by atoms with E-state index in [0.717, 1.165) is 66.4 Å². The lowest BCUT2D eigenvalue weighted by Gasteiger charge is -2.35. The Labute approximate surface area is 206 Å². The van der Waals surface area contributed by atoms with Crippen LogP contribution in [0.3, 0.4) is 0 Å². The van der Waals surface area contributed by atoms with Crippen molar-refractivity contribution in [2.45, 2.75) is 33.9 Å². The van der Waals surface area contributed by atoms with Crippen molar-refractivity contribution in [2.24, 2.45) is 5.41 Å². The van der Waals surface area contributed by atoms with Gasteiger partial charge in [-0.25, -0.2) is 5.01 Å². The summed E-state index contributed by atoms with van der Waals surface area (Å²) in [6.45, 7) is 10.4. The van der Waals surface area contributed by atoms with Gasteiger partial charge in [0.15, 0.2) is 0 Å². The van der Waals surface area contributed by atoms with E-state index in [4.69, 9.17) is 4.42 Å². The molecule has 3 heterocycles. The van der Waals surface area contributed by atoms with E-state index in [1.165, 1.54) is 0 Å². The van der Waals surface area contributed by atoms with E-state index in [1.807, 2.05) is 85.3 Å². The molecule has 0 radical (unpaired) electrons. The fourth-order valence-corrected chi connectivity index (χ4v) is 4.56. The van der Waals surface area contributed by atoms with Crippen molar-refractivity contribution in [1.29, 1.82) is 0 Å².